The Kier molecular flexibility index (Phi) is 7.28. The first-order valence-corrected chi connectivity index (χ1v) is 12.9. The predicted molar refractivity (Wildman–Crippen MR) is 142 cm³/mol. The van der Waals surface area contributed by atoms with E-state index in [1.807, 2.05) is 54.6 Å². The Morgan fingerprint density at radius 3 is 2.00 bits per heavy atom. The molecule has 0 aromatic heterocycles. The van der Waals surface area contributed by atoms with Gasteiger partial charge < -0.3 is 14.2 Å². The summed E-state index contributed by atoms with van der Waals surface area (Å²) in [5, 5.41) is 0. The number of rotatable bonds is 8. The summed E-state index contributed by atoms with van der Waals surface area (Å²) < 4.78 is 16.9. The molecule has 2 atom stereocenters. The molecule has 0 saturated carbocycles. The van der Waals surface area contributed by atoms with Crippen molar-refractivity contribution in [3.05, 3.63) is 89.0 Å². The van der Waals surface area contributed by atoms with Crippen molar-refractivity contribution >= 4 is 5.78 Å². The lowest BCUT2D eigenvalue weighted by Crippen LogP contribution is -2.35. The van der Waals surface area contributed by atoms with E-state index in [-0.39, 0.29) is 17.6 Å². The third-order valence-electron chi connectivity index (χ3n) is 7.74. The van der Waals surface area contributed by atoms with E-state index < -0.39 is 0 Å². The van der Waals surface area contributed by atoms with Crippen molar-refractivity contribution in [3.8, 4) is 17.2 Å². The number of carbonyl (C=O) groups excluding carboxylic acids is 1. The number of fused-ring (bicyclic) bond motifs is 1. The van der Waals surface area contributed by atoms with E-state index in [2.05, 4.69) is 24.0 Å². The molecule has 0 amide bonds. The number of hydrogen-bond donors (Lipinski definition) is 0. The van der Waals surface area contributed by atoms with Crippen LogP contribution in [0, 0.1) is 5.92 Å². The number of ether oxygens (including phenoxy) is 3. The first kappa shape index (κ1) is 24.4. The molecular formula is C31H35NO4. The van der Waals surface area contributed by atoms with Crippen LogP contribution in [-0.2, 0) is 0 Å². The van der Waals surface area contributed by atoms with Gasteiger partial charge in [0.15, 0.2) is 5.78 Å². The summed E-state index contributed by atoms with van der Waals surface area (Å²) in [6.07, 6.45) is 2.55. The summed E-state index contributed by atoms with van der Waals surface area (Å²) in [5.74, 6) is 2.98. The zero-order valence-corrected chi connectivity index (χ0v) is 21.4. The van der Waals surface area contributed by atoms with Crippen molar-refractivity contribution in [2.45, 2.75) is 31.6 Å². The van der Waals surface area contributed by atoms with Crippen molar-refractivity contribution in [1.29, 1.82) is 0 Å². The Balaban J connectivity index is 1.37. The molecule has 36 heavy (non-hydrogen) atoms. The molecule has 0 N–H and O–H groups in total. The summed E-state index contributed by atoms with van der Waals surface area (Å²) in [6.45, 7) is 6.30. The highest BCUT2D eigenvalue weighted by atomic mass is 16.5. The molecule has 0 bridgehead atoms. The summed E-state index contributed by atoms with van der Waals surface area (Å²) in [7, 11) is 3.31. The van der Waals surface area contributed by atoms with Crippen molar-refractivity contribution in [2.24, 2.45) is 5.92 Å². The number of carbonyl (C=O) groups is 1. The number of likely N-dealkylation sites (tertiary alicyclic amines) is 1. The van der Waals surface area contributed by atoms with E-state index in [0.29, 0.717) is 6.61 Å². The van der Waals surface area contributed by atoms with Crippen molar-refractivity contribution in [3.63, 3.8) is 0 Å². The molecule has 1 saturated heterocycles. The van der Waals surface area contributed by atoms with Gasteiger partial charge in [0.05, 0.1) is 20.1 Å². The standard InChI is InChI=1S/C31H35NO4/c1-21-14-16-32(17-15-21)18-19-36-25-10-6-22(7-11-25)29-28-20-26(35-3)12-13-27(28)31(33)30(29)23-4-8-24(34-2)9-5-23/h4-13,20-21,29-30H,14-19H2,1-3H3. The van der Waals surface area contributed by atoms with Crippen LogP contribution in [0.2, 0.25) is 0 Å². The van der Waals surface area contributed by atoms with Crippen molar-refractivity contribution < 1.29 is 19.0 Å². The molecule has 0 radical (unpaired) electrons. The average Bonchev–Trinajstić information content (AvgIpc) is 3.21. The second-order valence-corrected chi connectivity index (χ2v) is 9.99. The molecule has 3 aromatic carbocycles. The minimum absolute atomic E-state index is 0.0969. The maximum atomic E-state index is 13.6. The van der Waals surface area contributed by atoms with E-state index in [4.69, 9.17) is 14.2 Å². The minimum atomic E-state index is -0.300. The molecule has 1 aliphatic heterocycles. The van der Waals surface area contributed by atoms with E-state index in [1.54, 1.807) is 14.2 Å². The number of piperidine rings is 1. The van der Waals surface area contributed by atoms with Gasteiger partial charge in [-0.15, -0.1) is 0 Å². The molecule has 3 aromatic rings. The van der Waals surface area contributed by atoms with Crippen molar-refractivity contribution in [2.75, 3.05) is 40.5 Å². The van der Waals surface area contributed by atoms with Crippen LogP contribution in [0.15, 0.2) is 66.7 Å². The van der Waals surface area contributed by atoms with Gasteiger partial charge in [0, 0.05) is 18.0 Å². The second kappa shape index (κ2) is 10.8. The maximum absolute atomic E-state index is 13.6. The lowest BCUT2D eigenvalue weighted by Gasteiger charge is -2.29. The Hall–Kier alpha value is -3.31. The number of hydrogen-bond acceptors (Lipinski definition) is 5. The first-order valence-electron chi connectivity index (χ1n) is 12.9. The average molecular weight is 486 g/mol. The molecule has 1 fully saturated rings. The van der Waals surface area contributed by atoms with Crippen LogP contribution in [0.5, 0.6) is 17.2 Å². The minimum Gasteiger partial charge on any atom is -0.497 e. The smallest absolute Gasteiger partial charge is 0.171 e. The van der Waals surface area contributed by atoms with Crippen molar-refractivity contribution in [1.82, 2.24) is 4.90 Å². The van der Waals surface area contributed by atoms with Crippen LogP contribution in [0.4, 0.5) is 0 Å². The van der Waals surface area contributed by atoms with Gasteiger partial charge in [0.2, 0.25) is 0 Å². The van der Waals surface area contributed by atoms with Gasteiger partial charge in [0.1, 0.15) is 23.9 Å². The molecule has 5 nitrogen and oxygen atoms in total. The van der Waals surface area contributed by atoms with Gasteiger partial charge in [-0.05, 0) is 91.0 Å². The monoisotopic (exact) mass is 485 g/mol. The van der Waals surface area contributed by atoms with Gasteiger partial charge in [-0.1, -0.05) is 31.2 Å². The van der Waals surface area contributed by atoms with Crippen LogP contribution in [0.3, 0.4) is 0 Å². The number of nitrogens with zero attached hydrogens (tertiary/aromatic N) is 1. The lowest BCUT2D eigenvalue weighted by atomic mass is 9.81. The number of ketones is 1. The maximum Gasteiger partial charge on any atom is 0.171 e. The number of methoxy groups -OCH3 is 2. The molecule has 1 heterocycles. The molecule has 1 aliphatic carbocycles. The normalized spacial score (nSPS) is 20.2. The van der Waals surface area contributed by atoms with E-state index in [1.165, 1.54) is 12.8 Å². The topological polar surface area (TPSA) is 48.0 Å². The molecule has 5 heteroatoms. The highest BCUT2D eigenvalue weighted by molar-refractivity contribution is 6.07. The Morgan fingerprint density at radius 2 is 1.36 bits per heavy atom. The third-order valence-corrected chi connectivity index (χ3v) is 7.74. The third kappa shape index (κ3) is 4.98. The summed E-state index contributed by atoms with van der Waals surface area (Å²) >= 11 is 0. The Morgan fingerprint density at radius 1 is 0.778 bits per heavy atom. The predicted octanol–water partition coefficient (Wildman–Crippen LogP) is 5.93. The largest absolute Gasteiger partial charge is 0.497 e. The molecule has 188 valence electrons. The summed E-state index contributed by atoms with van der Waals surface area (Å²) in [5.41, 5.74) is 3.84. The second-order valence-electron chi connectivity index (χ2n) is 9.99. The van der Waals surface area contributed by atoms with E-state index in [9.17, 15) is 4.79 Å². The molecule has 0 spiro atoms. The highest BCUT2D eigenvalue weighted by Gasteiger charge is 2.41. The zero-order valence-electron chi connectivity index (χ0n) is 21.4. The van der Waals surface area contributed by atoms with Crippen LogP contribution in [0.1, 0.15) is 58.6 Å². The van der Waals surface area contributed by atoms with Crippen LogP contribution >= 0.6 is 0 Å². The van der Waals surface area contributed by atoms with E-state index in [0.717, 1.165) is 65.1 Å². The molecule has 2 unspecified atom stereocenters. The van der Waals surface area contributed by atoms with Gasteiger partial charge in [-0.25, -0.2) is 0 Å². The SMILES string of the molecule is COc1ccc(C2C(=O)c3ccc(OC)cc3C2c2ccc(OCCN3CCC(C)CC3)cc2)cc1. The fourth-order valence-corrected chi connectivity index (χ4v) is 5.52. The molecule has 2 aliphatic rings. The first-order chi connectivity index (χ1) is 17.6. The fourth-order valence-electron chi connectivity index (χ4n) is 5.52. The Labute approximate surface area is 214 Å². The van der Waals surface area contributed by atoms with Crippen LogP contribution in [0.25, 0.3) is 0 Å². The number of Topliss-reactive ketones (excluding diaryl/α,β-unsaturated/α-hetero) is 1. The number of benzene rings is 3. The zero-order chi connectivity index (χ0) is 25.1. The van der Waals surface area contributed by atoms with Crippen LogP contribution < -0.4 is 14.2 Å². The van der Waals surface area contributed by atoms with Gasteiger partial charge >= 0.3 is 0 Å². The lowest BCUT2D eigenvalue weighted by molar-refractivity contribution is 0.0968. The summed E-state index contributed by atoms with van der Waals surface area (Å²) in [6, 6.07) is 21.9. The van der Waals surface area contributed by atoms with E-state index >= 15 is 0 Å². The van der Waals surface area contributed by atoms with Gasteiger partial charge in [-0.2, -0.15) is 0 Å². The van der Waals surface area contributed by atoms with Crippen LogP contribution in [-0.4, -0.2) is 51.1 Å². The Bertz CT molecular complexity index is 1180. The fraction of sp³-hybridized carbons (Fsp3) is 0.387. The van der Waals surface area contributed by atoms with Gasteiger partial charge in [-0.3, -0.25) is 9.69 Å². The molecular weight excluding hydrogens is 450 g/mol. The quantitative estimate of drug-likeness (QED) is 0.396. The molecule has 5 rings (SSSR count). The highest BCUT2D eigenvalue weighted by Crippen LogP contribution is 2.49. The summed E-state index contributed by atoms with van der Waals surface area (Å²) in [4.78, 5) is 16.1. The van der Waals surface area contributed by atoms with Gasteiger partial charge in [0.25, 0.3) is 0 Å².